The number of nitrogens with one attached hydrogen (secondary N) is 2. The maximum atomic E-state index is 12.0. The van der Waals surface area contributed by atoms with Crippen LogP contribution in [0.4, 0.5) is 16.4 Å². The predicted octanol–water partition coefficient (Wildman–Crippen LogP) is 3.02. The van der Waals surface area contributed by atoms with Gasteiger partial charge in [-0.05, 0) is 56.0 Å². The van der Waals surface area contributed by atoms with Crippen molar-refractivity contribution in [2.75, 3.05) is 23.3 Å². The molecule has 0 spiro atoms. The Labute approximate surface area is 142 Å². The molecule has 2 aromatic heterocycles. The predicted molar refractivity (Wildman–Crippen MR) is 95.3 cm³/mol. The second kappa shape index (κ2) is 7.29. The molecule has 1 saturated heterocycles. The highest BCUT2D eigenvalue weighted by molar-refractivity contribution is 5.88. The Morgan fingerprint density at radius 2 is 2.00 bits per heavy atom. The Morgan fingerprint density at radius 1 is 1.21 bits per heavy atom. The van der Waals surface area contributed by atoms with E-state index >= 15 is 0 Å². The first-order valence-electron chi connectivity index (χ1n) is 8.30. The number of rotatable bonds is 4. The molecule has 0 radical (unpaired) electrons. The van der Waals surface area contributed by atoms with Gasteiger partial charge in [0.1, 0.15) is 11.6 Å². The van der Waals surface area contributed by atoms with Crippen molar-refractivity contribution in [2.45, 2.75) is 33.2 Å². The minimum atomic E-state index is -0.267. The lowest BCUT2D eigenvalue weighted by atomic mass is 10.2. The first-order valence-corrected chi connectivity index (χ1v) is 8.30. The van der Waals surface area contributed by atoms with E-state index in [0.29, 0.717) is 12.4 Å². The van der Waals surface area contributed by atoms with Crippen LogP contribution in [-0.2, 0) is 6.54 Å². The highest BCUT2D eigenvalue weighted by Gasteiger charge is 2.13. The Balaban J connectivity index is 1.52. The van der Waals surface area contributed by atoms with Crippen molar-refractivity contribution in [1.82, 2.24) is 15.3 Å². The number of aromatic nitrogens is 2. The third-order valence-corrected chi connectivity index (χ3v) is 4.03. The zero-order chi connectivity index (χ0) is 16.9. The normalized spacial score (nSPS) is 13.8. The van der Waals surface area contributed by atoms with Crippen LogP contribution in [0, 0.1) is 13.8 Å². The number of urea groups is 1. The van der Waals surface area contributed by atoms with Gasteiger partial charge in [-0.2, -0.15) is 0 Å². The maximum absolute atomic E-state index is 12.0. The van der Waals surface area contributed by atoms with Gasteiger partial charge in [0.2, 0.25) is 0 Å². The molecule has 1 fully saturated rings. The van der Waals surface area contributed by atoms with E-state index < -0.39 is 0 Å². The molecular formula is C18H23N5O. The topological polar surface area (TPSA) is 70.2 Å². The highest BCUT2D eigenvalue weighted by Crippen LogP contribution is 2.17. The van der Waals surface area contributed by atoms with E-state index in [0.717, 1.165) is 35.7 Å². The van der Waals surface area contributed by atoms with Crippen molar-refractivity contribution in [3.05, 3.63) is 47.3 Å². The Hall–Kier alpha value is -2.63. The second-order valence-corrected chi connectivity index (χ2v) is 6.20. The summed E-state index contributed by atoms with van der Waals surface area (Å²) in [6.45, 7) is 6.48. The van der Waals surface area contributed by atoms with Crippen molar-refractivity contribution in [3.8, 4) is 0 Å². The summed E-state index contributed by atoms with van der Waals surface area (Å²) < 4.78 is 0. The molecule has 3 heterocycles. The molecule has 0 bridgehead atoms. The molecule has 0 unspecified atom stereocenters. The smallest absolute Gasteiger partial charge is 0.320 e. The van der Waals surface area contributed by atoms with Gasteiger partial charge in [0.15, 0.2) is 0 Å². The van der Waals surface area contributed by atoms with Crippen LogP contribution >= 0.6 is 0 Å². The number of carbonyl (C=O) groups excluding carboxylic acids is 1. The largest absolute Gasteiger partial charge is 0.357 e. The fraction of sp³-hybridized carbons (Fsp3) is 0.389. The van der Waals surface area contributed by atoms with E-state index in [-0.39, 0.29) is 6.03 Å². The third kappa shape index (κ3) is 4.22. The molecule has 0 atom stereocenters. The number of carbonyl (C=O) groups is 1. The molecule has 3 rings (SSSR count). The van der Waals surface area contributed by atoms with E-state index in [9.17, 15) is 4.79 Å². The molecule has 2 N–H and O–H groups in total. The van der Waals surface area contributed by atoms with E-state index in [4.69, 9.17) is 0 Å². The number of amides is 2. The standard InChI is InChI=1S/C18H23N5O/c1-13-9-14(2)21-16(10-13)22-18(24)20-12-15-5-6-17(19-11-15)23-7-3-4-8-23/h5-6,9-11H,3-4,7-8,12H2,1-2H3,(H2,20,21,22,24). The third-order valence-electron chi connectivity index (χ3n) is 4.03. The monoisotopic (exact) mass is 325 g/mol. The number of pyridine rings is 2. The summed E-state index contributed by atoms with van der Waals surface area (Å²) in [6, 6.07) is 7.58. The molecular weight excluding hydrogens is 302 g/mol. The molecule has 6 heteroatoms. The first kappa shape index (κ1) is 16.2. The van der Waals surface area contributed by atoms with Gasteiger partial charge in [-0.1, -0.05) is 6.07 Å². The minimum absolute atomic E-state index is 0.267. The van der Waals surface area contributed by atoms with Crippen LogP contribution < -0.4 is 15.5 Å². The number of nitrogens with zero attached hydrogens (tertiary/aromatic N) is 3. The molecule has 6 nitrogen and oxygen atoms in total. The van der Waals surface area contributed by atoms with Gasteiger partial charge in [-0.3, -0.25) is 5.32 Å². The summed E-state index contributed by atoms with van der Waals surface area (Å²) in [5.74, 6) is 1.58. The van der Waals surface area contributed by atoms with Crippen LogP contribution in [0.5, 0.6) is 0 Å². The summed E-state index contributed by atoms with van der Waals surface area (Å²) in [5, 5.41) is 5.59. The summed E-state index contributed by atoms with van der Waals surface area (Å²) >= 11 is 0. The minimum Gasteiger partial charge on any atom is -0.357 e. The summed E-state index contributed by atoms with van der Waals surface area (Å²) in [4.78, 5) is 23.1. The van der Waals surface area contributed by atoms with E-state index in [1.807, 2.05) is 44.3 Å². The second-order valence-electron chi connectivity index (χ2n) is 6.20. The van der Waals surface area contributed by atoms with Crippen molar-refractivity contribution >= 4 is 17.7 Å². The van der Waals surface area contributed by atoms with Crippen LogP contribution in [-0.4, -0.2) is 29.1 Å². The van der Waals surface area contributed by atoms with Crippen molar-refractivity contribution in [1.29, 1.82) is 0 Å². The molecule has 0 saturated carbocycles. The molecule has 24 heavy (non-hydrogen) atoms. The van der Waals surface area contributed by atoms with Gasteiger partial charge in [0, 0.05) is 31.5 Å². The van der Waals surface area contributed by atoms with Crippen molar-refractivity contribution in [2.24, 2.45) is 0 Å². The molecule has 2 amide bonds. The van der Waals surface area contributed by atoms with Gasteiger partial charge in [-0.15, -0.1) is 0 Å². The van der Waals surface area contributed by atoms with E-state index in [1.54, 1.807) is 0 Å². The summed E-state index contributed by atoms with van der Waals surface area (Å²) in [7, 11) is 0. The molecule has 0 aromatic carbocycles. The molecule has 1 aliphatic heterocycles. The lowest BCUT2D eigenvalue weighted by molar-refractivity contribution is 0.251. The van der Waals surface area contributed by atoms with Crippen molar-refractivity contribution in [3.63, 3.8) is 0 Å². The van der Waals surface area contributed by atoms with Crippen molar-refractivity contribution < 1.29 is 4.79 Å². The zero-order valence-corrected chi connectivity index (χ0v) is 14.2. The molecule has 126 valence electrons. The van der Waals surface area contributed by atoms with Crippen LogP contribution in [0.15, 0.2) is 30.5 Å². The fourth-order valence-electron chi connectivity index (χ4n) is 2.90. The highest BCUT2D eigenvalue weighted by atomic mass is 16.2. The number of hydrogen-bond acceptors (Lipinski definition) is 4. The number of aryl methyl sites for hydroxylation is 2. The van der Waals surface area contributed by atoms with E-state index in [2.05, 4.69) is 25.5 Å². The molecule has 1 aliphatic rings. The Kier molecular flexibility index (Phi) is 4.93. The number of anilines is 2. The van der Waals surface area contributed by atoms with Crippen LogP contribution in [0.25, 0.3) is 0 Å². The lowest BCUT2D eigenvalue weighted by Crippen LogP contribution is -2.28. The van der Waals surface area contributed by atoms with Gasteiger partial charge in [0.25, 0.3) is 0 Å². The average molecular weight is 325 g/mol. The zero-order valence-electron chi connectivity index (χ0n) is 14.2. The summed E-state index contributed by atoms with van der Waals surface area (Å²) in [6.07, 6.45) is 4.29. The van der Waals surface area contributed by atoms with Gasteiger partial charge >= 0.3 is 6.03 Å². The number of hydrogen-bond donors (Lipinski definition) is 2. The van der Waals surface area contributed by atoms with E-state index in [1.165, 1.54) is 12.8 Å². The summed E-state index contributed by atoms with van der Waals surface area (Å²) in [5.41, 5.74) is 2.92. The molecule has 2 aromatic rings. The van der Waals surface area contributed by atoms with Crippen LogP contribution in [0.3, 0.4) is 0 Å². The quantitative estimate of drug-likeness (QED) is 0.906. The average Bonchev–Trinajstić information content (AvgIpc) is 3.07. The first-order chi connectivity index (χ1) is 11.6. The van der Waals surface area contributed by atoms with Gasteiger partial charge < -0.3 is 10.2 Å². The van der Waals surface area contributed by atoms with Gasteiger partial charge in [-0.25, -0.2) is 14.8 Å². The Bertz CT molecular complexity index is 688. The molecule has 0 aliphatic carbocycles. The van der Waals surface area contributed by atoms with Crippen LogP contribution in [0.2, 0.25) is 0 Å². The maximum Gasteiger partial charge on any atom is 0.320 e. The lowest BCUT2D eigenvalue weighted by Gasteiger charge is -2.16. The fourth-order valence-corrected chi connectivity index (χ4v) is 2.90. The van der Waals surface area contributed by atoms with Gasteiger partial charge in [0.05, 0.1) is 0 Å². The van der Waals surface area contributed by atoms with Crippen LogP contribution in [0.1, 0.15) is 29.7 Å². The SMILES string of the molecule is Cc1cc(C)nc(NC(=O)NCc2ccc(N3CCCC3)nc2)c1. The Morgan fingerprint density at radius 3 is 2.67 bits per heavy atom.